The van der Waals surface area contributed by atoms with Crippen LogP contribution in [0.25, 0.3) is 0 Å². The normalized spacial score (nSPS) is 12.7. The zero-order valence-electron chi connectivity index (χ0n) is 12.8. The number of hydrogen-bond donors (Lipinski definition) is 2. The van der Waals surface area contributed by atoms with Crippen LogP contribution in [-0.4, -0.2) is 15.8 Å². The molecule has 1 atom stereocenters. The van der Waals surface area contributed by atoms with Gasteiger partial charge in [0, 0.05) is 25.2 Å². The van der Waals surface area contributed by atoms with E-state index in [1.165, 1.54) is 22.4 Å². The molecule has 4 heteroatoms. The number of aryl methyl sites for hydroxylation is 4. The zero-order valence-corrected chi connectivity index (χ0v) is 12.8. The van der Waals surface area contributed by atoms with Gasteiger partial charge in [-0.25, -0.2) is 0 Å². The maximum Gasteiger partial charge on any atom is 0.0596 e. The van der Waals surface area contributed by atoms with Crippen molar-refractivity contribution in [3.05, 3.63) is 52.3 Å². The predicted molar refractivity (Wildman–Crippen MR) is 82.4 cm³/mol. The first-order valence-electron chi connectivity index (χ1n) is 7.00. The maximum atomic E-state index is 5.72. The van der Waals surface area contributed by atoms with Crippen LogP contribution in [0.3, 0.4) is 0 Å². The number of benzene rings is 1. The summed E-state index contributed by atoms with van der Waals surface area (Å²) in [5, 5.41) is 4.38. The minimum absolute atomic E-state index is 0.214. The Bertz CT molecular complexity index is 566. The minimum Gasteiger partial charge on any atom is -0.272 e. The lowest BCUT2D eigenvalue weighted by atomic mass is 9.99. The Morgan fingerprint density at radius 1 is 1.10 bits per heavy atom. The first-order valence-corrected chi connectivity index (χ1v) is 7.00. The molecule has 1 unspecified atom stereocenters. The molecule has 0 saturated carbocycles. The average Bonchev–Trinajstić information content (AvgIpc) is 2.65. The summed E-state index contributed by atoms with van der Waals surface area (Å²) in [6.07, 6.45) is 1.80. The third-order valence-electron chi connectivity index (χ3n) is 3.55. The predicted octanol–water partition coefficient (Wildman–Crippen LogP) is 1.96. The fraction of sp³-hybridized carbons (Fsp3) is 0.438. The van der Waals surface area contributed by atoms with E-state index < -0.39 is 0 Å². The summed E-state index contributed by atoms with van der Waals surface area (Å²) in [6.45, 7) is 6.27. The summed E-state index contributed by atoms with van der Waals surface area (Å²) in [7, 11) is 1.98. The van der Waals surface area contributed by atoms with E-state index in [0.717, 1.165) is 18.5 Å². The maximum absolute atomic E-state index is 5.72. The Balaban J connectivity index is 2.10. The molecule has 0 saturated heterocycles. The molecule has 2 rings (SSSR count). The lowest BCUT2D eigenvalue weighted by Gasteiger charge is -2.16. The number of hydrazine groups is 1. The molecule has 1 heterocycles. The van der Waals surface area contributed by atoms with Gasteiger partial charge in [0.1, 0.15) is 0 Å². The van der Waals surface area contributed by atoms with Crippen LogP contribution < -0.4 is 11.3 Å². The van der Waals surface area contributed by atoms with Crippen LogP contribution in [0.1, 0.15) is 28.1 Å². The van der Waals surface area contributed by atoms with Crippen molar-refractivity contribution in [1.29, 1.82) is 0 Å². The minimum atomic E-state index is 0.214. The summed E-state index contributed by atoms with van der Waals surface area (Å²) in [5.41, 5.74) is 9.10. The monoisotopic (exact) mass is 272 g/mol. The van der Waals surface area contributed by atoms with E-state index in [9.17, 15) is 0 Å². The molecule has 0 radical (unpaired) electrons. The molecule has 1 aromatic carbocycles. The second kappa shape index (κ2) is 6.20. The summed E-state index contributed by atoms with van der Waals surface area (Å²) in [5.74, 6) is 5.72. The SMILES string of the molecule is Cc1cc(C)cc(CC(Cc2cc(C)nn2C)NN)c1. The van der Waals surface area contributed by atoms with Crippen molar-refractivity contribution in [2.24, 2.45) is 12.9 Å². The van der Waals surface area contributed by atoms with Gasteiger partial charge in [0.2, 0.25) is 0 Å². The molecule has 0 spiro atoms. The highest BCUT2D eigenvalue weighted by Gasteiger charge is 2.12. The summed E-state index contributed by atoms with van der Waals surface area (Å²) in [4.78, 5) is 0. The Hall–Kier alpha value is -1.65. The summed E-state index contributed by atoms with van der Waals surface area (Å²) in [6, 6.07) is 8.98. The smallest absolute Gasteiger partial charge is 0.0596 e. The highest BCUT2D eigenvalue weighted by atomic mass is 15.3. The molecule has 0 fully saturated rings. The van der Waals surface area contributed by atoms with Crippen LogP contribution in [0, 0.1) is 20.8 Å². The largest absolute Gasteiger partial charge is 0.272 e. The molecule has 2 aromatic rings. The fourth-order valence-corrected chi connectivity index (χ4v) is 2.77. The molecule has 0 bridgehead atoms. The topological polar surface area (TPSA) is 55.9 Å². The third kappa shape index (κ3) is 3.68. The van der Waals surface area contributed by atoms with E-state index in [-0.39, 0.29) is 6.04 Å². The first-order chi connectivity index (χ1) is 9.47. The average molecular weight is 272 g/mol. The van der Waals surface area contributed by atoms with Gasteiger partial charge in [0.15, 0.2) is 0 Å². The zero-order chi connectivity index (χ0) is 14.7. The molecule has 0 aliphatic carbocycles. The first kappa shape index (κ1) is 14.8. The third-order valence-corrected chi connectivity index (χ3v) is 3.55. The van der Waals surface area contributed by atoms with Gasteiger partial charge in [0.25, 0.3) is 0 Å². The number of nitrogens with one attached hydrogen (secondary N) is 1. The van der Waals surface area contributed by atoms with Crippen molar-refractivity contribution in [3.63, 3.8) is 0 Å². The molecule has 1 aromatic heterocycles. The fourth-order valence-electron chi connectivity index (χ4n) is 2.77. The molecule has 0 amide bonds. The molecule has 0 aliphatic rings. The van der Waals surface area contributed by atoms with E-state index in [1.807, 2.05) is 18.7 Å². The van der Waals surface area contributed by atoms with E-state index in [0.29, 0.717) is 0 Å². The summed E-state index contributed by atoms with van der Waals surface area (Å²) < 4.78 is 1.93. The van der Waals surface area contributed by atoms with Crippen LogP contribution in [-0.2, 0) is 19.9 Å². The van der Waals surface area contributed by atoms with Crippen LogP contribution in [0.5, 0.6) is 0 Å². The van der Waals surface area contributed by atoms with E-state index in [2.05, 4.69) is 48.6 Å². The quantitative estimate of drug-likeness (QED) is 0.646. The van der Waals surface area contributed by atoms with Gasteiger partial charge < -0.3 is 0 Å². The van der Waals surface area contributed by atoms with Gasteiger partial charge in [-0.3, -0.25) is 16.0 Å². The van der Waals surface area contributed by atoms with Crippen molar-refractivity contribution in [3.8, 4) is 0 Å². The van der Waals surface area contributed by atoms with Crippen LogP contribution in [0.15, 0.2) is 24.3 Å². The van der Waals surface area contributed by atoms with E-state index in [4.69, 9.17) is 5.84 Å². The number of hydrogen-bond acceptors (Lipinski definition) is 3. The molecule has 3 N–H and O–H groups in total. The van der Waals surface area contributed by atoms with Crippen LogP contribution in [0.2, 0.25) is 0 Å². The number of aromatic nitrogens is 2. The molecule has 20 heavy (non-hydrogen) atoms. The Morgan fingerprint density at radius 3 is 2.25 bits per heavy atom. The number of nitrogens with two attached hydrogens (primary N) is 1. The van der Waals surface area contributed by atoms with Gasteiger partial charge in [0.05, 0.1) is 5.69 Å². The van der Waals surface area contributed by atoms with Crippen molar-refractivity contribution < 1.29 is 0 Å². The van der Waals surface area contributed by atoms with Crippen molar-refractivity contribution in [1.82, 2.24) is 15.2 Å². The van der Waals surface area contributed by atoms with Gasteiger partial charge in [-0.1, -0.05) is 29.3 Å². The number of nitrogens with zero attached hydrogens (tertiary/aromatic N) is 2. The van der Waals surface area contributed by atoms with Crippen LogP contribution >= 0.6 is 0 Å². The Labute approximate surface area is 121 Å². The number of rotatable bonds is 5. The second-order valence-corrected chi connectivity index (χ2v) is 5.67. The van der Waals surface area contributed by atoms with Gasteiger partial charge in [-0.05, 0) is 38.8 Å². The highest BCUT2D eigenvalue weighted by molar-refractivity contribution is 5.29. The van der Waals surface area contributed by atoms with Gasteiger partial charge in [-0.15, -0.1) is 0 Å². The van der Waals surface area contributed by atoms with Gasteiger partial charge >= 0.3 is 0 Å². The van der Waals surface area contributed by atoms with Crippen molar-refractivity contribution >= 4 is 0 Å². The molecular weight excluding hydrogens is 248 g/mol. The Kier molecular flexibility index (Phi) is 4.57. The molecule has 108 valence electrons. The molecule has 0 aliphatic heterocycles. The van der Waals surface area contributed by atoms with Crippen LogP contribution in [0.4, 0.5) is 0 Å². The lowest BCUT2D eigenvalue weighted by Crippen LogP contribution is -2.38. The standard InChI is InChI=1S/C16H24N4/c1-11-5-12(2)7-14(6-11)9-15(18-17)10-16-8-13(3)19-20(16)4/h5-8,15,18H,9-10,17H2,1-4H3. The highest BCUT2D eigenvalue weighted by Crippen LogP contribution is 2.13. The van der Waals surface area contributed by atoms with E-state index in [1.54, 1.807) is 0 Å². The summed E-state index contributed by atoms with van der Waals surface area (Å²) >= 11 is 0. The molecular formula is C16H24N4. The second-order valence-electron chi connectivity index (χ2n) is 5.67. The lowest BCUT2D eigenvalue weighted by molar-refractivity contribution is 0.505. The van der Waals surface area contributed by atoms with Crippen molar-refractivity contribution in [2.75, 3.05) is 0 Å². The molecule has 4 nitrogen and oxygen atoms in total. The van der Waals surface area contributed by atoms with E-state index >= 15 is 0 Å². The Morgan fingerprint density at radius 2 is 1.75 bits per heavy atom. The van der Waals surface area contributed by atoms with Gasteiger partial charge in [-0.2, -0.15) is 5.10 Å². The van der Waals surface area contributed by atoms with Crippen molar-refractivity contribution in [2.45, 2.75) is 39.7 Å².